The van der Waals surface area contributed by atoms with Crippen molar-refractivity contribution in [1.29, 1.82) is 0 Å². The van der Waals surface area contributed by atoms with E-state index in [1.807, 2.05) is 43.0 Å². The molecule has 1 aliphatic rings. The van der Waals surface area contributed by atoms with Crippen molar-refractivity contribution in [3.05, 3.63) is 65.5 Å². The number of halogens is 1. The normalized spacial score (nSPS) is 16.1. The molecule has 160 valence electrons. The molecule has 1 aliphatic heterocycles. The van der Waals surface area contributed by atoms with E-state index in [0.29, 0.717) is 38.4 Å². The van der Waals surface area contributed by atoms with Crippen LogP contribution in [0, 0.1) is 12.7 Å². The van der Waals surface area contributed by atoms with Crippen LogP contribution in [0.15, 0.2) is 48.5 Å². The van der Waals surface area contributed by atoms with Crippen LogP contribution in [0.5, 0.6) is 0 Å². The number of anilines is 1. The number of rotatable bonds is 7. The maximum Gasteiger partial charge on any atom is 0.238 e. The highest BCUT2D eigenvalue weighted by molar-refractivity contribution is 5.92. The van der Waals surface area contributed by atoms with Gasteiger partial charge in [-0.25, -0.2) is 4.39 Å². The van der Waals surface area contributed by atoms with Crippen LogP contribution in [-0.4, -0.2) is 60.4 Å². The number of carbonyl (C=O) groups excluding carboxylic acids is 2. The quantitative estimate of drug-likeness (QED) is 0.733. The molecule has 7 heteroatoms. The van der Waals surface area contributed by atoms with Crippen LogP contribution in [0.1, 0.15) is 18.1 Å². The minimum Gasteiger partial charge on any atom is -0.351 e. The molecular weight excluding hydrogens is 383 g/mol. The number of nitrogens with zero attached hydrogens (tertiary/aromatic N) is 2. The van der Waals surface area contributed by atoms with Crippen molar-refractivity contribution in [2.75, 3.05) is 38.0 Å². The van der Waals surface area contributed by atoms with Crippen LogP contribution in [0.3, 0.4) is 0 Å². The molecule has 2 N–H and O–H groups in total. The van der Waals surface area contributed by atoms with Crippen molar-refractivity contribution < 1.29 is 14.0 Å². The Kier molecular flexibility index (Phi) is 7.54. The van der Waals surface area contributed by atoms with Gasteiger partial charge in [0.15, 0.2) is 0 Å². The fraction of sp³-hybridized carbons (Fsp3) is 0.391. The monoisotopic (exact) mass is 412 g/mol. The Morgan fingerprint density at radius 2 is 1.77 bits per heavy atom. The number of hydrogen-bond acceptors (Lipinski definition) is 4. The van der Waals surface area contributed by atoms with Crippen LogP contribution < -0.4 is 10.6 Å². The van der Waals surface area contributed by atoms with Gasteiger partial charge in [0.2, 0.25) is 11.8 Å². The number of aryl methyl sites for hydroxylation is 1. The van der Waals surface area contributed by atoms with E-state index in [1.165, 1.54) is 17.7 Å². The van der Waals surface area contributed by atoms with E-state index in [4.69, 9.17) is 0 Å². The minimum absolute atomic E-state index is 0.00729. The first-order valence-electron chi connectivity index (χ1n) is 10.3. The Morgan fingerprint density at radius 1 is 1.07 bits per heavy atom. The van der Waals surface area contributed by atoms with E-state index in [-0.39, 0.29) is 30.2 Å². The Balaban J connectivity index is 1.40. The number of benzene rings is 2. The lowest BCUT2D eigenvalue weighted by Crippen LogP contribution is -2.54. The van der Waals surface area contributed by atoms with E-state index in [2.05, 4.69) is 15.5 Å². The predicted molar refractivity (Wildman–Crippen MR) is 116 cm³/mol. The van der Waals surface area contributed by atoms with Gasteiger partial charge < -0.3 is 10.6 Å². The Bertz CT molecular complexity index is 864. The van der Waals surface area contributed by atoms with E-state index < -0.39 is 0 Å². The van der Waals surface area contributed by atoms with Gasteiger partial charge in [0.1, 0.15) is 5.82 Å². The Hall–Kier alpha value is -2.77. The lowest BCUT2D eigenvalue weighted by atomic mass is 10.1. The molecule has 2 aromatic rings. The number of hydrogen-bond donors (Lipinski definition) is 2. The van der Waals surface area contributed by atoms with Gasteiger partial charge in [-0.1, -0.05) is 35.9 Å². The summed E-state index contributed by atoms with van der Waals surface area (Å²) in [5, 5.41) is 5.72. The molecule has 0 bridgehead atoms. The lowest BCUT2D eigenvalue weighted by molar-refractivity contribution is -0.127. The van der Waals surface area contributed by atoms with E-state index in [9.17, 15) is 14.0 Å². The van der Waals surface area contributed by atoms with Crippen LogP contribution in [0.25, 0.3) is 0 Å². The molecule has 2 aromatic carbocycles. The van der Waals surface area contributed by atoms with Gasteiger partial charge in [-0.15, -0.1) is 0 Å². The zero-order valence-corrected chi connectivity index (χ0v) is 17.5. The topological polar surface area (TPSA) is 64.7 Å². The molecule has 1 fully saturated rings. The molecular formula is C23H29FN4O2. The minimum atomic E-state index is -0.379. The Morgan fingerprint density at radius 3 is 2.43 bits per heavy atom. The van der Waals surface area contributed by atoms with Gasteiger partial charge in [-0.2, -0.15) is 0 Å². The summed E-state index contributed by atoms with van der Waals surface area (Å²) in [6.07, 6.45) is 0. The summed E-state index contributed by atoms with van der Waals surface area (Å²) in [7, 11) is 0. The summed E-state index contributed by atoms with van der Waals surface area (Å²) in [5.74, 6) is -0.540. The molecule has 0 saturated carbocycles. The van der Waals surface area contributed by atoms with Gasteiger partial charge in [-0.3, -0.25) is 19.4 Å². The second-order valence-electron chi connectivity index (χ2n) is 7.75. The van der Waals surface area contributed by atoms with E-state index in [0.717, 1.165) is 5.56 Å². The highest BCUT2D eigenvalue weighted by atomic mass is 19.1. The molecule has 0 spiro atoms. The highest BCUT2D eigenvalue weighted by Gasteiger charge is 2.26. The Labute approximate surface area is 177 Å². The maximum atomic E-state index is 13.2. The fourth-order valence-electron chi connectivity index (χ4n) is 3.49. The molecule has 30 heavy (non-hydrogen) atoms. The number of piperazine rings is 1. The van der Waals surface area contributed by atoms with Crippen LogP contribution in [0.4, 0.5) is 10.1 Å². The van der Waals surface area contributed by atoms with Crippen molar-refractivity contribution in [2.24, 2.45) is 0 Å². The van der Waals surface area contributed by atoms with Crippen LogP contribution in [0.2, 0.25) is 0 Å². The molecule has 1 saturated heterocycles. The SMILES string of the molecule is Cc1ccc(CNC(=O)[C@@H](C)N2CCN(CC(=O)Nc3cccc(F)c3)CC2)cc1. The van der Waals surface area contributed by atoms with Crippen molar-refractivity contribution in [1.82, 2.24) is 15.1 Å². The maximum absolute atomic E-state index is 13.2. The van der Waals surface area contributed by atoms with Crippen molar-refractivity contribution in [3.8, 4) is 0 Å². The zero-order valence-electron chi connectivity index (χ0n) is 17.5. The highest BCUT2D eigenvalue weighted by Crippen LogP contribution is 2.11. The lowest BCUT2D eigenvalue weighted by Gasteiger charge is -2.37. The molecule has 2 amide bonds. The third-order valence-corrected chi connectivity index (χ3v) is 5.40. The first kappa shape index (κ1) is 21.9. The van der Waals surface area contributed by atoms with Gasteiger partial charge in [0.05, 0.1) is 12.6 Å². The summed E-state index contributed by atoms with van der Waals surface area (Å²) in [4.78, 5) is 28.9. The van der Waals surface area contributed by atoms with Crippen molar-refractivity contribution in [2.45, 2.75) is 26.4 Å². The van der Waals surface area contributed by atoms with Gasteiger partial charge in [-0.05, 0) is 37.6 Å². The molecule has 1 heterocycles. The molecule has 0 radical (unpaired) electrons. The van der Waals surface area contributed by atoms with Gasteiger partial charge in [0, 0.05) is 38.4 Å². The van der Waals surface area contributed by atoms with Crippen LogP contribution >= 0.6 is 0 Å². The third-order valence-electron chi connectivity index (χ3n) is 5.40. The molecule has 3 rings (SSSR count). The summed E-state index contributed by atoms with van der Waals surface area (Å²) in [5.41, 5.74) is 2.73. The summed E-state index contributed by atoms with van der Waals surface area (Å²) < 4.78 is 13.2. The molecule has 6 nitrogen and oxygen atoms in total. The summed E-state index contributed by atoms with van der Waals surface area (Å²) >= 11 is 0. The molecule has 0 unspecified atom stereocenters. The van der Waals surface area contributed by atoms with Crippen molar-refractivity contribution in [3.63, 3.8) is 0 Å². The zero-order chi connectivity index (χ0) is 21.5. The van der Waals surface area contributed by atoms with Gasteiger partial charge >= 0.3 is 0 Å². The predicted octanol–water partition coefficient (Wildman–Crippen LogP) is 2.40. The van der Waals surface area contributed by atoms with E-state index in [1.54, 1.807) is 12.1 Å². The van der Waals surface area contributed by atoms with Gasteiger partial charge in [0.25, 0.3) is 0 Å². The molecule has 1 atom stereocenters. The average Bonchev–Trinajstić information content (AvgIpc) is 2.73. The standard InChI is InChI=1S/C23H29FN4O2/c1-17-6-8-19(9-7-17)15-25-23(30)18(2)28-12-10-27(11-13-28)16-22(29)26-21-5-3-4-20(24)14-21/h3-9,14,18H,10-13,15-16H2,1-2H3,(H,25,30)(H,26,29)/t18-/m1/s1. The summed E-state index contributed by atoms with van der Waals surface area (Å²) in [6.45, 7) is 7.55. The number of carbonyl (C=O) groups is 2. The molecule has 0 aliphatic carbocycles. The van der Waals surface area contributed by atoms with E-state index >= 15 is 0 Å². The first-order valence-corrected chi connectivity index (χ1v) is 10.3. The fourth-order valence-corrected chi connectivity index (χ4v) is 3.49. The molecule has 0 aromatic heterocycles. The van der Waals surface area contributed by atoms with Crippen LogP contribution in [-0.2, 0) is 16.1 Å². The largest absolute Gasteiger partial charge is 0.351 e. The smallest absolute Gasteiger partial charge is 0.238 e. The average molecular weight is 413 g/mol. The second kappa shape index (κ2) is 10.3. The van der Waals surface area contributed by atoms with Crippen molar-refractivity contribution >= 4 is 17.5 Å². The summed E-state index contributed by atoms with van der Waals surface area (Å²) in [6, 6.07) is 13.8. The third kappa shape index (κ3) is 6.37. The number of nitrogens with one attached hydrogen (secondary N) is 2. The number of amides is 2. The first-order chi connectivity index (χ1) is 14.4. The second-order valence-corrected chi connectivity index (χ2v) is 7.75.